The zero-order chi connectivity index (χ0) is 15.6. The molecule has 0 spiro atoms. The van der Waals surface area contributed by atoms with Crippen molar-refractivity contribution in [3.8, 4) is 0 Å². The first-order chi connectivity index (χ1) is 11.3. The molecule has 126 valence electrons. The van der Waals surface area contributed by atoms with E-state index in [1.54, 1.807) is 11.3 Å². The van der Waals surface area contributed by atoms with Crippen molar-refractivity contribution in [2.75, 3.05) is 18.8 Å². The van der Waals surface area contributed by atoms with Crippen LogP contribution in [0.1, 0.15) is 29.2 Å². The molecule has 0 atom stereocenters. The zero-order valence-corrected chi connectivity index (χ0v) is 15.2. The second-order valence-electron chi connectivity index (χ2n) is 6.28. The first kappa shape index (κ1) is 17.2. The van der Waals surface area contributed by atoms with E-state index < -0.39 is 0 Å². The van der Waals surface area contributed by atoms with Crippen LogP contribution in [0.4, 0.5) is 5.13 Å². The zero-order valence-electron chi connectivity index (χ0n) is 13.5. The fourth-order valence-corrected chi connectivity index (χ4v) is 4.35. The maximum atomic E-state index is 5.72. The van der Waals surface area contributed by atoms with Crippen LogP contribution in [-0.2, 0) is 6.54 Å². The highest BCUT2D eigenvalue weighted by atomic mass is 35.5. The highest BCUT2D eigenvalue weighted by Gasteiger charge is 2.22. The number of likely N-dealkylation sites (tertiary alicyclic amines) is 1. The Kier molecular flexibility index (Phi) is 5.39. The summed E-state index contributed by atoms with van der Waals surface area (Å²) >= 11 is 1.61. The van der Waals surface area contributed by atoms with E-state index in [1.807, 2.05) is 6.20 Å². The number of aromatic nitrogens is 1. The Morgan fingerprint density at radius 2 is 1.83 bits per heavy atom. The summed E-state index contributed by atoms with van der Waals surface area (Å²) < 4.78 is 0. The Hall–Kier alpha value is -1.62. The van der Waals surface area contributed by atoms with Crippen LogP contribution in [0.2, 0.25) is 0 Å². The lowest BCUT2D eigenvalue weighted by atomic mass is 9.86. The van der Waals surface area contributed by atoms with Gasteiger partial charge in [0.25, 0.3) is 0 Å². The molecule has 3 aromatic rings. The number of hydrogen-bond donors (Lipinski definition) is 1. The molecular weight excluding hydrogens is 338 g/mol. The predicted octanol–water partition coefficient (Wildman–Crippen LogP) is 4.68. The number of halogens is 1. The van der Waals surface area contributed by atoms with Crippen molar-refractivity contribution >= 4 is 39.6 Å². The molecule has 1 fully saturated rings. The minimum atomic E-state index is 0. The molecule has 4 rings (SSSR count). The van der Waals surface area contributed by atoms with Crippen molar-refractivity contribution < 1.29 is 0 Å². The minimum Gasteiger partial charge on any atom is -0.375 e. The lowest BCUT2D eigenvalue weighted by Gasteiger charge is -2.32. The van der Waals surface area contributed by atoms with Gasteiger partial charge in [-0.2, -0.15) is 0 Å². The van der Waals surface area contributed by atoms with Gasteiger partial charge in [0.05, 0.1) is 0 Å². The normalized spacial score (nSPS) is 16.2. The maximum Gasteiger partial charge on any atom is 0.180 e. The standard InChI is InChI=1S/C19H21N3S.ClH/c20-19-21-12-16(23-19)13-22-10-8-15(9-11-22)18-7-3-5-14-4-1-2-6-17(14)18;/h1-7,12,15H,8-11,13H2,(H2,20,21);1H. The number of fused-ring (bicyclic) bond motifs is 1. The average Bonchev–Trinajstić information content (AvgIpc) is 3.00. The van der Waals surface area contributed by atoms with E-state index in [9.17, 15) is 0 Å². The average molecular weight is 360 g/mol. The third-order valence-corrected chi connectivity index (χ3v) is 5.61. The second kappa shape index (κ2) is 7.51. The van der Waals surface area contributed by atoms with Gasteiger partial charge in [-0.1, -0.05) is 42.5 Å². The Morgan fingerprint density at radius 3 is 2.58 bits per heavy atom. The molecule has 0 amide bonds. The number of rotatable bonds is 3. The van der Waals surface area contributed by atoms with Crippen LogP contribution < -0.4 is 5.73 Å². The van der Waals surface area contributed by atoms with Gasteiger partial charge in [0.15, 0.2) is 5.13 Å². The van der Waals surface area contributed by atoms with E-state index in [1.165, 1.54) is 34.1 Å². The second-order valence-corrected chi connectivity index (χ2v) is 7.43. The van der Waals surface area contributed by atoms with E-state index in [0.717, 1.165) is 19.6 Å². The van der Waals surface area contributed by atoms with Crippen molar-refractivity contribution in [3.63, 3.8) is 0 Å². The highest BCUT2D eigenvalue weighted by Crippen LogP contribution is 2.33. The summed E-state index contributed by atoms with van der Waals surface area (Å²) in [6.45, 7) is 3.27. The number of hydrogen-bond acceptors (Lipinski definition) is 4. The van der Waals surface area contributed by atoms with Crippen molar-refractivity contribution in [2.24, 2.45) is 0 Å². The molecule has 0 bridgehead atoms. The molecule has 3 nitrogen and oxygen atoms in total. The van der Waals surface area contributed by atoms with Crippen LogP contribution >= 0.6 is 23.7 Å². The van der Waals surface area contributed by atoms with Gasteiger partial charge in [-0.3, -0.25) is 4.90 Å². The largest absolute Gasteiger partial charge is 0.375 e. The Balaban J connectivity index is 0.00000169. The van der Waals surface area contributed by atoms with Crippen LogP contribution in [0.15, 0.2) is 48.7 Å². The summed E-state index contributed by atoms with van der Waals surface area (Å²) in [5.74, 6) is 0.670. The van der Waals surface area contributed by atoms with E-state index in [-0.39, 0.29) is 12.4 Å². The van der Waals surface area contributed by atoms with Gasteiger partial charge >= 0.3 is 0 Å². The lowest BCUT2D eigenvalue weighted by molar-refractivity contribution is 0.206. The van der Waals surface area contributed by atoms with E-state index >= 15 is 0 Å². The molecule has 2 aromatic carbocycles. The molecule has 1 aliphatic rings. The molecule has 24 heavy (non-hydrogen) atoms. The third kappa shape index (κ3) is 3.56. The number of nitrogen functional groups attached to an aromatic ring is 1. The topological polar surface area (TPSA) is 42.1 Å². The fourth-order valence-electron chi connectivity index (χ4n) is 3.62. The third-order valence-electron chi connectivity index (χ3n) is 4.80. The van der Waals surface area contributed by atoms with E-state index in [0.29, 0.717) is 11.0 Å². The number of nitrogens with zero attached hydrogens (tertiary/aromatic N) is 2. The molecule has 1 aromatic heterocycles. The predicted molar refractivity (Wildman–Crippen MR) is 105 cm³/mol. The van der Waals surface area contributed by atoms with Gasteiger partial charge in [0, 0.05) is 17.6 Å². The maximum absolute atomic E-state index is 5.72. The van der Waals surface area contributed by atoms with Crippen LogP contribution in [0.5, 0.6) is 0 Å². The molecule has 0 unspecified atom stereocenters. The molecule has 0 aliphatic carbocycles. The Labute approximate surface area is 152 Å². The Bertz CT molecular complexity index is 804. The van der Waals surface area contributed by atoms with Crippen LogP contribution in [0, 0.1) is 0 Å². The van der Waals surface area contributed by atoms with E-state index in [2.05, 4.69) is 52.3 Å². The smallest absolute Gasteiger partial charge is 0.180 e. The summed E-state index contributed by atoms with van der Waals surface area (Å²) in [5.41, 5.74) is 7.24. The summed E-state index contributed by atoms with van der Waals surface area (Å²) in [6, 6.07) is 15.5. The quantitative estimate of drug-likeness (QED) is 0.738. The van der Waals surface area contributed by atoms with Gasteiger partial charge < -0.3 is 5.73 Å². The summed E-state index contributed by atoms with van der Waals surface area (Å²) in [6.07, 6.45) is 4.36. The van der Waals surface area contributed by atoms with Gasteiger partial charge in [0.2, 0.25) is 0 Å². The molecule has 1 saturated heterocycles. The SMILES string of the molecule is Cl.Nc1ncc(CN2CCC(c3cccc4ccccc34)CC2)s1. The fraction of sp³-hybridized carbons (Fsp3) is 0.316. The van der Waals surface area contributed by atoms with Gasteiger partial charge in [0.1, 0.15) is 0 Å². The number of thiazole rings is 1. The summed E-state index contributed by atoms with van der Waals surface area (Å²) in [7, 11) is 0. The molecule has 2 heterocycles. The number of benzene rings is 2. The lowest BCUT2D eigenvalue weighted by Crippen LogP contribution is -2.32. The molecule has 0 saturated carbocycles. The Morgan fingerprint density at radius 1 is 1.08 bits per heavy atom. The van der Waals surface area contributed by atoms with Crippen molar-refractivity contribution in [1.82, 2.24) is 9.88 Å². The minimum absolute atomic E-state index is 0. The molecule has 1 aliphatic heterocycles. The van der Waals surface area contributed by atoms with Gasteiger partial charge in [-0.25, -0.2) is 4.98 Å². The number of nitrogens with two attached hydrogens (primary N) is 1. The van der Waals surface area contributed by atoms with Crippen LogP contribution in [-0.4, -0.2) is 23.0 Å². The van der Waals surface area contributed by atoms with Crippen LogP contribution in [0.3, 0.4) is 0 Å². The molecule has 2 N–H and O–H groups in total. The van der Waals surface area contributed by atoms with Crippen molar-refractivity contribution in [1.29, 1.82) is 0 Å². The summed E-state index contributed by atoms with van der Waals surface area (Å²) in [5, 5.41) is 3.45. The van der Waals surface area contributed by atoms with Crippen LogP contribution in [0.25, 0.3) is 10.8 Å². The monoisotopic (exact) mass is 359 g/mol. The van der Waals surface area contributed by atoms with Crippen molar-refractivity contribution in [3.05, 3.63) is 59.1 Å². The van der Waals surface area contributed by atoms with Gasteiger partial charge in [-0.05, 0) is 48.2 Å². The molecular formula is C19H22ClN3S. The molecule has 0 radical (unpaired) electrons. The van der Waals surface area contributed by atoms with Gasteiger partial charge in [-0.15, -0.1) is 23.7 Å². The molecule has 5 heteroatoms. The first-order valence-corrected chi connectivity index (χ1v) is 9.01. The number of anilines is 1. The highest BCUT2D eigenvalue weighted by molar-refractivity contribution is 7.15. The number of piperidine rings is 1. The summed E-state index contributed by atoms with van der Waals surface area (Å²) in [4.78, 5) is 7.94. The van der Waals surface area contributed by atoms with E-state index in [4.69, 9.17) is 5.73 Å². The first-order valence-electron chi connectivity index (χ1n) is 8.20. The van der Waals surface area contributed by atoms with Crippen molar-refractivity contribution in [2.45, 2.75) is 25.3 Å².